The number of para-hydroxylation sites is 1. The van der Waals surface area contributed by atoms with Crippen molar-refractivity contribution in [3.63, 3.8) is 0 Å². The van der Waals surface area contributed by atoms with Gasteiger partial charge in [-0.3, -0.25) is 4.79 Å². The van der Waals surface area contributed by atoms with Gasteiger partial charge in [-0.1, -0.05) is 18.2 Å². The van der Waals surface area contributed by atoms with Gasteiger partial charge in [-0.15, -0.1) is 0 Å². The average molecular weight is 324 g/mol. The van der Waals surface area contributed by atoms with E-state index in [0.29, 0.717) is 5.75 Å². The maximum atomic E-state index is 12.3. The number of esters is 2. The monoisotopic (exact) mass is 324 g/mol. The second-order valence-electron chi connectivity index (χ2n) is 5.70. The van der Waals surface area contributed by atoms with Gasteiger partial charge in [0.2, 0.25) is 0 Å². The minimum atomic E-state index is -1.94. The van der Waals surface area contributed by atoms with Crippen molar-refractivity contribution in [3.8, 4) is 5.75 Å². The van der Waals surface area contributed by atoms with Crippen molar-refractivity contribution in [2.24, 2.45) is 0 Å². The van der Waals surface area contributed by atoms with E-state index in [1.165, 1.54) is 13.8 Å². The van der Waals surface area contributed by atoms with Crippen molar-refractivity contribution in [2.75, 3.05) is 0 Å². The Balaban J connectivity index is 2.22. The summed E-state index contributed by atoms with van der Waals surface area (Å²) in [5.41, 5.74) is -1.94. The van der Waals surface area contributed by atoms with Gasteiger partial charge in [0.25, 0.3) is 0 Å². The number of benzene rings is 1. The van der Waals surface area contributed by atoms with Crippen molar-refractivity contribution in [2.45, 2.75) is 50.8 Å². The van der Waals surface area contributed by atoms with Crippen LogP contribution in [0, 0.1) is 0 Å². The van der Waals surface area contributed by atoms with Gasteiger partial charge in [0.1, 0.15) is 17.5 Å². The average Bonchev–Trinajstić information content (AvgIpc) is 2.48. The molecule has 1 saturated heterocycles. The summed E-state index contributed by atoms with van der Waals surface area (Å²) >= 11 is 0. The lowest BCUT2D eigenvalue weighted by Crippen LogP contribution is -2.67. The summed E-state index contributed by atoms with van der Waals surface area (Å²) in [6.07, 6.45) is -4.81. The van der Waals surface area contributed by atoms with Crippen LogP contribution in [-0.2, 0) is 19.1 Å². The SMILES string of the molecule is CC(=O)O[C@@H]1C(O)[C@H](C)OC(C(=O)Oc2ccccc2)[C@@]1(C)O. The summed E-state index contributed by atoms with van der Waals surface area (Å²) in [5.74, 6) is -1.23. The second-order valence-corrected chi connectivity index (χ2v) is 5.70. The van der Waals surface area contributed by atoms with E-state index in [1.54, 1.807) is 30.3 Å². The van der Waals surface area contributed by atoms with E-state index in [4.69, 9.17) is 14.2 Å². The van der Waals surface area contributed by atoms with Crippen molar-refractivity contribution in [3.05, 3.63) is 30.3 Å². The summed E-state index contributed by atoms with van der Waals surface area (Å²) in [5, 5.41) is 20.7. The maximum absolute atomic E-state index is 12.3. The van der Waals surface area contributed by atoms with Gasteiger partial charge < -0.3 is 24.4 Å². The molecular weight excluding hydrogens is 304 g/mol. The summed E-state index contributed by atoms with van der Waals surface area (Å²) in [4.78, 5) is 23.6. The van der Waals surface area contributed by atoms with Crippen molar-refractivity contribution in [1.82, 2.24) is 0 Å². The number of aliphatic hydroxyl groups excluding tert-OH is 1. The molecular formula is C16H20O7. The van der Waals surface area contributed by atoms with Crippen LogP contribution in [0.4, 0.5) is 0 Å². The van der Waals surface area contributed by atoms with Crippen LogP contribution < -0.4 is 4.74 Å². The summed E-state index contributed by atoms with van der Waals surface area (Å²) in [6, 6.07) is 8.31. The zero-order valence-electron chi connectivity index (χ0n) is 13.1. The van der Waals surface area contributed by atoms with E-state index in [9.17, 15) is 19.8 Å². The first-order valence-electron chi connectivity index (χ1n) is 7.23. The third-order valence-electron chi connectivity index (χ3n) is 3.72. The predicted molar refractivity (Wildman–Crippen MR) is 78.6 cm³/mol. The Bertz CT molecular complexity index is 569. The molecule has 2 unspecified atom stereocenters. The smallest absolute Gasteiger partial charge is 0.343 e. The van der Waals surface area contributed by atoms with Crippen LogP contribution in [0.25, 0.3) is 0 Å². The molecule has 1 aromatic rings. The van der Waals surface area contributed by atoms with Gasteiger partial charge in [-0.05, 0) is 26.0 Å². The highest BCUT2D eigenvalue weighted by Crippen LogP contribution is 2.33. The molecule has 1 aliphatic heterocycles. The fourth-order valence-electron chi connectivity index (χ4n) is 2.49. The molecule has 1 heterocycles. The molecule has 1 aromatic carbocycles. The molecule has 0 saturated carbocycles. The quantitative estimate of drug-likeness (QED) is 0.614. The molecule has 0 aromatic heterocycles. The second kappa shape index (κ2) is 6.66. The van der Waals surface area contributed by atoms with Crippen LogP contribution in [-0.4, -0.2) is 52.2 Å². The lowest BCUT2D eigenvalue weighted by atomic mass is 9.83. The lowest BCUT2D eigenvalue weighted by molar-refractivity contribution is -0.264. The van der Waals surface area contributed by atoms with Crippen LogP contribution in [0.5, 0.6) is 5.75 Å². The Labute approximate surface area is 133 Å². The zero-order chi connectivity index (χ0) is 17.2. The molecule has 0 amide bonds. The molecule has 1 fully saturated rings. The van der Waals surface area contributed by atoms with Crippen LogP contribution in [0.1, 0.15) is 20.8 Å². The molecule has 2 rings (SSSR count). The standard InChI is InChI=1S/C16H20O7/c1-9-12(18)13(22-10(2)17)16(3,20)14(21-9)15(19)23-11-7-5-4-6-8-11/h4-9,12-14,18,20H,1-3H3/t9-,12?,13+,14?,16-/m0/s1. The van der Waals surface area contributed by atoms with E-state index in [2.05, 4.69) is 0 Å². The van der Waals surface area contributed by atoms with Crippen LogP contribution >= 0.6 is 0 Å². The first-order valence-corrected chi connectivity index (χ1v) is 7.23. The summed E-state index contributed by atoms with van der Waals surface area (Å²) in [7, 11) is 0. The van der Waals surface area contributed by atoms with Crippen molar-refractivity contribution < 1.29 is 34.0 Å². The number of hydrogen-bond acceptors (Lipinski definition) is 7. The van der Waals surface area contributed by atoms with Gasteiger partial charge in [-0.25, -0.2) is 4.79 Å². The van der Waals surface area contributed by atoms with Gasteiger partial charge in [0, 0.05) is 6.92 Å². The maximum Gasteiger partial charge on any atom is 0.343 e. The molecule has 7 nitrogen and oxygen atoms in total. The highest BCUT2D eigenvalue weighted by atomic mass is 16.6. The van der Waals surface area contributed by atoms with Crippen LogP contribution in [0.3, 0.4) is 0 Å². The Hall–Kier alpha value is -1.96. The topological polar surface area (TPSA) is 102 Å². The Kier molecular flexibility index (Phi) is 5.03. The largest absolute Gasteiger partial charge is 0.456 e. The lowest BCUT2D eigenvalue weighted by Gasteiger charge is -2.46. The highest BCUT2D eigenvalue weighted by molar-refractivity contribution is 5.79. The molecule has 5 atom stereocenters. The molecule has 7 heteroatoms. The Morgan fingerprint density at radius 2 is 1.87 bits per heavy atom. The Morgan fingerprint density at radius 3 is 2.43 bits per heavy atom. The van der Waals surface area contributed by atoms with E-state index >= 15 is 0 Å². The van der Waals surface area contributed by atoms with Crippen LogP contribution in [0.15, 0.2) is 30.3 Å². The number of aliphatic hydroxyl groups is 2. The fraction of sp³-hybridized carbons (Fsp3) is 0.500. The molecule has 0 aliphatic carbocycles. The molecule has 0 bridgehead atoms. The molecule has 23 heavy (non-hydrogen) atoms. The van der Waals surface area contributed by atoms with Gasteiger partial charge in [0.05, 0.1) is 6.10 Å². The normalized spacial score (nSPS) is 33.8. The van der Waals surface area contributed by atoms with E-state index < -0.39 is 42.0 Å². The molecule has 2 N–H and O–H groups in total. The van der Waals surface area contributed by atoms with Gasteiger partial charge in [0.15, 0.2) is 12.2 Å². The number of rotatable bonds is 3. The minimum absolute atomic E-state index is 0.291. The number of hydrogen-bond donors (Lipinski definition) is 2. The molecule has 126 valence electrons. The fourth-order valence-corrected chi connectivity index (χ4v) is 2.49. The number of carbonyl (C=O) groups is 2. The van der Waals surface area contributed by atoms with Crippen molar-refractivity contribution in [1.29, 1.82) is 0 Å². The van der Waals surface area contributed by atoms with Crippen LogP contribution in [0.2, 0.25) is 0 Å². The number of ether oxygens (including phenoxy) is 3. The zero-order valence-corrected chi connectivity index (χ0v) is 13.1. The molecule has 1 aliphatic rings. The predicted octanol–water partition coefficient (Wildman–Crippen LogP) is 0.423. The van der Waals surface area contributed by atoms with E-state index in [1.807, 2.05) is 0 Å². The number of carbonyl (C=O) groups excluding carboxylic acids is 2. The van der Waals surface area contributed by atoms with E-state index in [-0.39, 0.29) is 0 Å². The first-order chi connectivity index (χ1) is 10.7. The first kappa shape index (κ1) is 17.4. The van der Waals surface area contributed by atoms with Gasteiger partial charge >= 0.3 is 11.9 Å². The molecule has 0 spiro atoms. The summed E-state index contributed by atoms with van der Waals surface area (Å²) < 4.78 is 15.6. The van der Waals surface area contributed by atoms with E-state index in [0.717, 1.165) is 6.92 Å². The van der Waals surface area contributed by atoms with Gasteiger partial charge in [-0.2, -0.15) is 0 Å². The minimum Gasteiger partial charge on any atom is -0.456 e. The third kappa shape index (κ3) is 3.69. The highest BCUT2D eigenvalue weighted by Gasteiger charge is 2.56. The molecule has 0 radical (unpaired) electrons. The summed E-state index contributed by atoms with van der Waals surface area (Å²) in [6.45, 7) is 3.92. The third-order valence-corrected chi connectivity index (χ3v) is 3.72. The Morgan fingerprint density at radius 1 is 1.26 bits per heavy atom. The van der Waals surface area contributed by atoms with Crippen molar-refractivity contribution >= 4 is 11.9 Å².